The van der Waals surface area contributed by atoms with Crippen molar-refractivity contribution in [2.75, 3.05) is 31.5 Å². The van der Waals surface area contributed by atoms with Gasteiger partial charge in [-0.25, -0.2) is 29.9 Å². The van der Waals surface area contributed by atoms with Gasteiger partial charge in [-0.1, -0.05) is 24.6 Å². The lowest BCUT2D eigenvalue weighted by Crippen LogP contribution is -2.43. The number of aromatic amines is 1. The fourth-order valence-corrected chi connectivity index (χ4v) is 9.18. The van der Waals surface area contributed by atoms with Crippen LogP contribution < -0.4 is 10.1 Å². The van der Waals surface area contributed by atoms with Gasteiger partial charge in [-0.05, 0) is 110 Å². The normalized spacial score (nSPS) is 20.5. The number of anilines is 1. The van der Waals surface area contributed by atoms with Gasteiger partial charge in [0.1, 0.15) is 30.2 Å². The molecule has 2 unspecified atom stereocenters. The number of rotatable bonds is 8. The van der Waals surface area contributed by atoms with Gasteiger partial charge in [0, 0.05) is 83.7 Å². The number of likely N-dealkylation sites (tertiary alicyclic amines) is 1. The summed E-state index contributed by atoms with van der Waals surface area (Å²) in [6.45, 7) is 3.92. The number of nitrogens with zero attached hydrogens (tertiary/aromatic N) is 7. The molecule has 4 aliphatic rings. The second-order valence-electron chi connectivity index (χ2n) is 15.9. The molecule has 3 fully saturated rings. The molecule has 10 heteroatoms. The molecule has 2 N–H and O–H groups in total. The van der Waals surface area contributed by atoms with E-state index in [2.05, 4.69) is 108 Å². The van der Waals surface area contributed by atoms with Crippen LogP contribution in [0.25, 0.3) is 49.5 Å². The van der Waals surface area contributed by atoms with Crippen molar-refractivity contribution < 1.29 is 4.74 Å². The molecule has 2 aromatic carbocycles. The van der Waals surface area contributed by atoms with E-state index in [0.717, 1.165) is 94.4 Å². The number of H-pyrrole nitrogens is 1. The number of piperidine rings is 1. The van der Waals surface area contributed by atoms with Gasteiger partial charge in [0.15, 0.2) is 0 Å². The average Bonchev–Trinajstić information content (AvgIpc) is 3.62. The Morgan fingerprint density at radius 2 is 1.62 bits per heavy atom. The highest BCUT2D eigenvalue weighted by Gasteiger charge is 2.36. The first-order valence-electron chi connectivity index (χ1n) is 20.0. The Kier molecular flexibility index (Phi) is 8.04. The fraction of sp³-hybridized carbons (Fsp3) is 0.333. The fourth-order valence-electron chi connectivity index (χ4n) is 9.18. The van der Waals surface area contributed by atoms with Gasteiger partial charge in [-0.2, -0.15) is 0 Å². The van der Waals surface area contributed by atoms with Gasteiger partial charge in [0.05, 0.1) is 16.4 Å². The number of aromatic nitrogens is 7. The van der Waals surface area contributed by atoms with Crippen LogP contribution in [0.5, 0.6) is 5.88 Å². The zero-order valence-corrected chi connectivity index (χ0v) is 30.8. The Morgan fingerprint density at radius 1 is 0.745 bits per heavy atom. The van der Waals surface area contributed by atoms with Crippen molar-refractivity contribution in [2.45, 2.75) is 62.9 Å². The predicted octanol–water partition coefficient (Wildman–Crippen LogP) is 8.67. The molecular weight excluding hydrogens is 683 g/mol. The van der Waals surface area contributed by atoms with Gasteiger partial charge in [0.25, 0.3) is 0 Å². The highest BCUT2D eigenvalue weighted by atomic mass is 16.5. The van der Waals surface area contributed by atoms with Crippen LogP contribution in [-0.2, 0) is 0 Å². The molecule has 2 aliphatic heterocycles. The zero-order valence-electron chi connectivity index (χ0n) is 30.8. The molecule has 1 saturated heterocycles. The molecule has 11 rings (SSSR count). The molecule has 7 heterocycles. The molecule has 0 amide bonds. The quantitative estimate of drug-likeness (QED) is 0.159. The molecule has 2 atom stereocenters. The smallest absolute Gasteiger partial charge is 0.224 e. The van der Waals surface area contributed by atoms with Crippen LogP contribution in [0.3, 0.4) is 0 Å². The van der Waals surface area contributed by atoms with Gasteiger partial charge in [-0.15, -0.1) is 0 Å². The molecule has 0 spiro atoms. The van der Waals surface area contributed by atoms with Crippen LogP contribution in [0.2, 0.25) is 0 Å². The van der Waals surface area contributed by atoms with Gasteiger partial charge in [-0.3, -0.25) is 0 Å². The second kappa shape index (κ2) is 13.5. The van der Waals surface area contributed by atoms with Crippen molar-refractivity contribution in [3.8, 4) is 17.0 Å². The van der Waals surface area contributed by atoms with Gasteiger partial charge < -0.3 is 19.9 Å². The Labute approximate surface area is 319 Å². The van der Waals surface area contributed by atoms with E-state index >= 15 is 0 Å². The lowest BCUT2D eigenvalue weighted by Gasteiger charge is -2.41. The van der Waals surface area contributed by atoms with Crippen molar-refractivity contribution in [3.63, 3.8) is 0 Å². The van der Waals surface area contributed by atoms with E-state index in [1.807, 2.05) is 6.20 Å². The SMILES string of the molecule is C1=C(c2ccc3ncncc3c2)c2ccc(C3CCC3CN3CCC(Oc4ncnc5ccc(-c6c[nH]c7nc(C8CCC8)ccc67)cc45)CC3)nc2NC1. The van der Waals surface area contributed by atoms with E-state index in [0.29, 0.717) is 23.6 Å². The maximum Gasteiger partial charge on any atom is 0.224 e. The average molecular weight is 726 g/mol. The molecular formula is C45H43N9O. The maximum atomic E-state index is 6.66. The second-order valence-corrected chi connectivity index (χ2v) is 15.9. The van der Waals surface area contributed by atoms with E-state index in [1.54, 1.807) is 12.7 Å². The summed E-state index contributed by atoms with van der Waals surface area (Å²) in [5, 5.41) is 6.69. The summed E-state index contributed by atoms with van der Waals surface area (Å²) in [7, 11) is 0. The Morgan fingerprint density at radius 3 is 2.49 bits per heavy atom. The van der Waals surface area contributed by atoms with E-state index in [-0.39, 0.29) is 6.10 Å². The number of benzene rings is 2. The van der Waals surface area contributed by atoms with Crippen molar-refractivity contribution in [3.05, 3.63) is 114 Å². The number of ether oxygens (including phenoxy) is 1. The lowest BCUT2D eigenvalue weighted by atomic mass is 9.71. The third kappa shape index (κ3) is 5.99. The number of nitrogens with one attached hydrogen (secondary N) is 2. The summed E-state index contributed by atoms with van der Waals surface area (Å²) < 4.78 is 6.66. The summed E-state index contributed by atoms with van der Waals surface area (Å²) in [6, 6.07) is 21.8. The van der Waals surface area contributed by atoms with E-state index in [9.17, 15) is 0 Å². The summed E-state index contributed by atoms with van der Waals surface area (Å²) in [5.41, 5.74) is 11.0. The first-order chi connectivity index (χ1) is 27.2. The molecule has 0 bridgehead atoms. The molecule has 2 saturated carbocycles. The first kappa shape index (κ1) is 32.7. The van der Waals surface area contributed by atoms with E-state index < -0.39 is 0 Å². The molecule has 0 radical (unpaired) electrons. The van der Waals surface area contributed by atoms with Crippen LogP contribution in [-0.4, -0.2) is 72.1 Å². The third-order valence-corrected chi connectivity index (χ3v) is 12.7. The summed E-state index contributed by atoms with van der Waals surface area (Å²) in [4.78, 5) is 34.1. The number of fused-ring (bicyclic) bond motifs is 4. The van der Waals surface area contributed by atoms with E-state index in [1.165, 1.54) is 54.6 Å². The Bertz CT molecular complexity index is 2600. The standard InChI is InChI=1S/C45H43N9O/c1-2-27(3-1)40-12-8-36-38(23-48-44(36)52-40)29-6-11-41-37(21-29)45(51-26-50-41)55-32-15-18-54(19-16-32)24-30-4-7-34(30)42-13-9-35-33(14-17-47-43(35)53-42)28-5-10-39-31(20-28)22-46-25-49-39/h5-6,8-14,20-23,25-27,30,32,34H,1-4,7,15-19,24H2,(H,47,53)(H,48,52). The highest BCUT2D eigenvalue weighted by Crippen LogP contribution is 2.44. The lowest BCUT2D eigenvalue weighted by molar-refractivity contribution is 0.0718. The van der Waals surface area contributed by atoms with Crippen molar-refractivity contribution in [1.29, 1.82) is 0 Å². The highest BCUT2D eigenvalue weighted by molar-refractivity contribution is 5.97. The summed E-state index contributed by atoms with van der Waals surface area (Å²) in [5.74, 6) is 3.39. The predicted molar refractivity (Wildman–Crippen MR) is 216 cm³/mol. The Hall–Kier alpha value is -5.74. The topological polar surface area (TPSA) is 118 Å². The van der Waals surface area contributed by atoms with Crippen LogP contribution in [0, 0.1) is 5.92 Å². The molecule has 5 aromatic heterocycles. The maximum absolute atomic E-state index is 6.66. The van der Waals surface area contributed by atoms with Crippen LogP contribution >= 0.6 is 0 Å². The third-order valence-electron chi connectivity index (χ3n) is 12.7. The number of pyridine rings is 2. The van der Waals surface area contributed by atoms with Crippen LogP contribution in [0.4, 0.5) is 5.82 Å². The van der Waals surface area contributed by atoms with Crippen LogP contribution in [0.15, 0.2) is 91.8 Å². The zero-order chi connectivity index (χ0) is 36.3. The minimum atomic E-state index is 0.128. The van der Waals surface area contributed by atoms with Gasteiger partial charge >= 0.3 is 0 Å². The number of hydrogen-bond acceptors (Lipinski definition) is 9. The van der Waals surface area contributed by atoms with Gasteiger partial charge in [0.2, 0.25) is 5.88 Å². The van der Waals surface area contributed by atoms with Crippen molar-refractivity contribution in [1.82, 2.24) is 39.8 Å². The van der Waals surface area contributed by atoms with Crippen molar-refractivity contribution in [2.24, 2.45) is 5.92 Å². The first-order valence-corrected chi connectivity index (χ1v) is 20.0. The minimum absolute atomic E-state index is 0.128. The molecule has 2 aliphatic carbocycles. The van der Waals surface area contributed by atoms with Crippen LogP contribution in [0.1, 0.15) is 79.3 Å². The molecule has 7 aromatic rings. The molecule has 10 nitrogen and oxygen atoms in total. The number of hydrogen-bond donors (Lipinski definition) is 2. The summed E-state index contributed by atoms with van der Waals surface area (Å²) >= 11 is 0. The summed E-state index contributed by atoms with van der Waals surface area (Å²) in [6.07, 6.45) is 17.8. The minimum Gasteiger partial charge on any atom is -0.474 e. The monoisotopic (exact) mass is 725 g/mol. The molecule has 274 valence electrons. The van der Waals surface area contributed by atoms with Crippen molar-refractivity contribution >= 4 is 44.2 Å². The molecule has 55 heavy (non-hydrogen) atoms. The largest absolute Gasteiger partial charge is 0.474 e. The Balaban J connectivity index is 0.740. The van der Waals surface area contributed by atoms with E-state index in [4.69, 9.17) is 14.7 Å².